The van der Waals surface area contributed by atoms with E-state index in [2.05, 4.69) is 10.6 Å². The zero-order valence-corrected chi connectivity index (χ0v) is 13.5. The van der Waals surface area contributed by atoms with Crippen LogP contribution >= 0.6 is 34.8 Å². The Hall–Kier alpha value is -0.720. The Labute approximate surface area is 138 Å². The monoisotopic (exact) mass is 352 g/mol. The van der Waals surface area contributed by atoms with E-state index in [1.807, 2.05) is 18.2 Å². The number of rotatable bonds is 3. The van der Waals surface area contributed by atoms with Crippen molar-refractivity contribution in [3.05, 3.63) is 30.3 Å². The molecule has 1 fully saturated rings. The van der Waals surface area contributed by atoms with Crippen LogP contribution in [-0.2, 0) is 4.74 Å². The molecule has 8 heteroatoms. The lowest BCUT2D eigenvalue weighted by molar-refractivity contribution is -0.934. The lowest BCUT2D eigenvalue weighted by Crippen LogP contribution is -3.21. The second-order valence-corrected chi connectivity index (χ2v) is 7.08. The minimum atomic E-state index is -1.60. The maximum Gasteiger partial charge on any atom is 0.323 e. The number of anilines is 1. The minimum Gasteiger partial charge on any atom is -0.370 e. The van der Waals surface area contributed by atoms with Gasteiger partial charge in [-0.2, -0.15) is 0 Å². The van der Waals surface area contributed by atoms with Crippen LogP contribution in [0.25, 0.3) is 0 Å². The fourth-order valence-electron chi connectivity index (χ4n) is 2.16. The molecule has 1 aliphatic heterocycles. The van der Waals surface area contributed by atoms with Crippen molar-refractivity contribution in [2.45, 2.75) is 9.96 Å². The summed E-state index contributed by atoms with van der Waals surface area (Å²) >= 11 is 18.0. The van der Waals surface area contributed by atoms with Gasteiger partial charge in [-0.3, -0.25) is 5.32 Å². The number of carbonyl (C=O) groups is 1. The fraction of sp³-hybridized carbons (Fsp3) is 0.462. The first-order valence-corrected chi connectivity index (χ1v) is 7.72. The molecule has 5 nitrogen and oxygen atoms in total. The van der Waals surface area contributed by atoms with Crippen LogP contribution in [0.4, 0.5) is 10.5 Å². The Bertz CT molecular complexity index is 461. The summed E-state index contributed by atoms with van der Waals surface area (Å²) in [5.41, 5.74) is 0.676. The number of hydrogen-bond acceptors (Lipinski definition) is 2. The molecule has 0 radical (unpaired) electrons. The van der Waals surface area contributed by atoms with E-state index in [-0.39, 0.29) is 0 Å². The smallest absolute Gasteiger partial charge is 0.323 e. The quantitative estimate of drug-likeness (QED) is 0.720. The van der Waals surface area contributed by atoms with Gasteiger partial charge >= 0.3 is 6.03 Å². The highest BCUT2D eigenvalue weighted by molar-refractivity contribution is 6.68. The second-order valence-electron chi connectivity index (χ2n) is 4.71. The summed E-state index contributed by atoms with van der Waals surface area (Å²) in [6.45, 7) is 2.50. The molecule has 3 N–H and O–H groups in total. The van der Waals surface area contributed by atoms with E-state index < -0.39 is 16.0 Å². The van der Waals surface area contributed by atoms with Crippen LogP contribution in [0.1, 0.15) is 0 Å². The first kappa shape index (κ1) is 16.6. The maximum absolute atomic E-state index is 12.1. The van der Waals surface area contributed by atoms with E-state index in [1.165, 1.54) is 0 Å². The van der Waals surface area contributed by atoms with Crippen molar-refractivity contribution in [2.75, 3.05) is 31.6 Å². The van der Waals surface area contributed by atoms with Gasteiger partial charge in [-0.1, -0.05) is 53.0 Å². The lowest BCUT2D eigenvalue weighted by atomic mass is 10.3. The molecule has 2 amide bonds. The molecule has 1 atom stereocenters. The number of alkyl halides is 3. The van der Waals surface area contributed by atoms with Crippen molar-refractivity contribution in [2.24, 2.45) is 0 Å². The molecule has 2 rings (SSSR count). The molecule has 1 aliphatic rings. The van der Waals surface area contributed by atoms with Crippen molar-refractivity contribution in [1.82, 2.24) is 5.32 Å². The summed E-state index contributed by atoms with van der Waals surface area (Å²) in [5.74, 6) is 0. The molecule has 1 aromatic rings. The number of hydrogen-bond donors (Lipinski definition) is 3. The van der Waals surface area contributed by atoms with E-state index >= 15 is 0 Å². The first-order valence-electron chi connectivity index (χ1n) is 6.58. The van der Waals surface area contributed by atoms with Crippen molar-refractivity contribution < 1.29 is 14.4 Å². The van der Waals surface area contributed by atoms with Gasteiger partial charge in [-0.25, -0.2) is 4.79 Å². The van der Waals surface area contributed by atoms with E-state index in [0.717, 1.165) is 4.90 Å². The van der Waals surface area contributed by atoms with Crippen LogP contribution in [0.2, 0.25) is 0 Å². The van der Waals surface area contributed by atoms with E-state index in [1.54, 1.807) is 12.1 Å². The number of urea groups is 1. The topological polar surface area (TPSA) is 54.8 Å². The number of nitrogens with one attached hydrogen (secondary N) is 3. The third-order valence-electron chi connectivity index (χ3n) is 3.18. The summed E-state index contributed by atoms with van der Waals surface area (Å²) in [4.78, 5) is 13.0. The third kappa shape index (κ3) is 5.20. The summed E-state index contributed by atoms with van der Waals surface area (Å²) in [6.07, 6.45) is -0.643. The van der Waals surface area contributed by atoms with Crippen molar-refractivity contribution in [3.63, 3.8) is 0 Å². The SMILES string of the molecule is O=C(Nc1ccccc1)N[C@@H]([NH+]1CCOCC1)C(Cl)(Cl)Cl. The number of quaternary nitrogens is 1. The normalized spacial score (nSPS) is 18.0. The molecule has 0 saturated carbocycles. The van der Waals surface area contributed by atoms with Gasteiger partial charge in [0.25, 0.3) is 3.79 Å². The molecule has 0 bridgehead atoms. The van der Waals surface area contributed by atoms with Crippen LogP contribution in [0.5, 0.6) is 0 Å². The molecule has 21 heavy (non-hydrogen) atoms. The van der Waals surface area contributed by atoms with Gasteiger partial charge in [0.1, 0.15) is 13.1 Å². The van der Waals surface area contributed by atoms with Crippen molar-refractivity contribution >= 4 is 46.5 Å². The number of morpholine rings is 1. The molecule has 0 spiro atoms. The molecule has 116 valence electrons. The number of benzene rings is 1. The highest BCUT2D eigenvalue weighted by Gasteiger charge is 2.42. The molecule has 0 unspecified atom stereocenters. The van der Waals surface area contributed by atoms with Crippen molar-refractivity contribution in [1.29, 1.82) is 0 Å². The molecule has 0 aliphatic carbocycles. The highest BCUT2D eigenvalue weighted by Crippen LogP contribution is 2.27. The summed E-state index contributed by atoms with van der Waals surface area (Å²) in [7, 11) is 0. The average molecular weight is 354 g/mol. The molecular formula is C13H17Cl3N3O2+. The predicted molar refractivity (Wildman–Crippen MR) is 84.2 cm³/mol. The number of halogens is 3. The molecule has 1 heterocycles. The zero-order valence-electron chi connectivity index (χ0n) is 11.2. The Morgan fingerprint density at radius 2 is 1.81 bits per heavy atom. The second kappa shape index (κ2) is 7.51. The average Bonchev–Trinajstić information content (AvgIpc) is 2.45. The fourth-order valence-corrected chi connectivity index (χ4v) is 2.78. The predicted octanol–water partition coefficient (Wildman–Crippen LogP) is 1.42. The standard InChI is InChI=1S/C13H16Cl3N3O2/c14-13(15,16)11(19-6-8-21-9-7-19)18-12(20)17-10-4-2-1-3-5-10/h1-5,11H,6-9H2,(H2,17,18,20)/p+1/t11-/m0/s1. The summed E-state index contributed by atoms with van der Waals surface area (Å²) in [5, 5.41) is 5.45. The molecule has 1 saturated heterocycles. The van der Waals surface area contributed by atoms with Crippen LogP contribution in [0.15, 0.2) is 30.3 Å². The van der Waals surface area contributed by atoms with Crippen LogP contribution in [0.3, 0.4) is 0 Å². The van der Waals surface area contributed by atoms with E-state index in [9.17, 15) is 4.79 Å². The van der Waals surface area contributed by atoms with Crippen LogP contribution in [0, 0.1) is 0 Å². The Balaban J connectivity index is 1.99. The number of carbonyl (C=O) groups excluding carboxylic acids is 1. The number of amides is 2. The molecular weight excluding hydrogens is 337 g/mol. The number of para-hydroxylation sites is 1. The minimum absolute atomic E-state index is 0.406. The Morgan fingerprint density at radius 1 is 1.19 bits per heavy atom. The molecule has 1 aromatic carbocycles. The zero-order chi connectivity index (χ0) is 15.3. The van der Waals surface area contributed by atoms with Crippen LogP contribution in [-0.4, -0.2) is 42.3 Å². The molecule has 0 aromatic heterocycles. The lowest BCUT2D eigenvalue weighted by Gasteiger charge is -2.35. The summed E-state index contributed by atoms with van der Waals surface area (Å²) < 4.78 is 3.69. The van der Waals surface area contributed by atoms with Gasteiger partial charge in [0.2, 0.25) is 6.17 Å². The van der Waals surface area contributed by atoms with Gasteiger partial charge in [0.05, 0.1) is 13.2 Å². The van der Waals surface area contributed by atoms with Gasteiger partial charge in [-0.05, 0) is 12.1 Å². The van der Waals surface area contributed by atoms with E-state index in [0.29, 0.717) is 32.0 Å². The third-order valence-corrected chi connectivity index (χ3v) is 3.83. The van der Waals surface area contributed by atoms with E-state index in [4.69, 9.17) is 39.5 Å². The van der Waals surface area contributed by atoms with Crippen molar-refractivity contribution in [3.8, 4) is 0 Å². The largest absolute Gasteiger partial charge is 0.370 e. The van der Waals surface area contributed by atoms with Gasteiger partial charge in [0, 0.05) is 5.69 Å². The van der Waals surface area contributed by atoms with Gasteiger partial charge < -0.3 is 15.0 Å². The number of ether oxygens (including phenoxy) is 1. The Kier molecular flexibility index (Phi) is 5.96. The Morgan fingerprint density at radius 3 is 2.38 bits per heavy atom. The van der Waals surface area contributed by atoms with Gasteiger partial charge in [0.15, 0.2) is 0 Å². The first-order chi connectivity index (χ1) is 9.97. The maximum atomic E-state index is 12.1. The summed E-state index contributed by atoms with van der Waals surface area (Å²) in [6, 6.07) is 8.68. The van der Waals surface area contributed by atoms with Gasteiger partial charge in [-0.15, -0.1) is 0 Å². The highest BCUT2D eigenvalue weighted by atomic mass is 35.6. The van der Waals surface area contributed by atoms with Crippen LogP contribution < -0.4 is 15.5 Å².